The van der Waals surface area contributed by atoms with E-state index >= 15 is 0 Å². The molecule has 4 heteroatoms. The van der Waals surface area contributed by atoms with E-state index in [1.807, 2.05) is 4.90 Å². The van der Waals surface area contributed by atoms with Gasteiger partial charge in [0.05, 0.1) is 0 Å². The van der Waals surface area contributed by atoms with E-state index in [9.17, 15) is 9.59 Å². The van der Waals surface area contributed by atoms with Crippen LogP contribution in [0.2, 0.25) is 0 Å². The van der Waals surface area contributed by atoms with Gasteiger partial charge in [-0.05, 0) is 44.6 Å². The van der Waals surface area contributed by atoms with Crippen LogP contribution >= 0.6 is 0 Å². The number of carbonyl (C=O) groups is 2. The SMILES string of the molecule is Cc1ccc(CN(C(=O)CCCNC(=O)C2CC2)C2CC2)cc1. The normalized spacial score (nSPS) is 16.9. The molecular formula is C19H26N2O2. The fraction of sp³-hybridized carbons (Fsp3) is 0.579. The molecule has 2 aliphatic rings. The van der Waals surface area contributed by atoms with Gasteiger partial charge < -0.3 is 10.2 Å². The fourth-order valence-corrected chi connectivity index (χ4v) is 2.78. The average molecular weight is 314 g/mol. The van der Waals surface area contributed by atoms with Crippen LogP contribution < -0.4 is 5.32 Å². The number of rotatable bonds is 8. The Morgan fingerprint density at radius 3 is 2.43 bits per heavy atom. The summed E-state index contributed by atoms with van der Waals surface area (Å²) in [6.07, 6.45) is 5.54. The highest BCUT2D eigenvalue weighted by atomic mass is 16.2. The van der Waals surface area contributed by atoms with Gasteiger partial charge in [-0.1, -0.05) is 29.8 Å². The van der Waals surface area contributed by atoms with E-state index in [1.54, 1.807) is 0 Å². The standard InChI is InChI=1S/C19H26N2O2/c1-14-4-6-15(7-5-14)13-21(17-10-11-17)18(22)3-2-12-20-19(23)16-8-9-16/h4-7,16-17H,2-3,8-13H2,1H3,(H,20,23). The Bertz CT molecular complexity index is 559. The average Bonchev–Trinajstić information content (AvgIpc) is 3.41. The van der Waals surface area contributed by atoms with Gasteiger partial charge in [0.2, 0.25) is 11.8 Å². The largest absolute Gasteiger partial charge is 0.356 e. The number of benzene rings is 1. The zero-order valence-electron chi connectivity index (χ0n) is 13.9. The van der Waals surface area contributed by atoms with Gasteiger partial charge in [0.25, 0.3) is 0 Å². The molecule has 2 aliphatic carbocycles. The number of hydrogen-bond acceptors (Lipinski definition) is 2. The summed E-state index contributed by atoms with van der Waals surface area (Å²) >= 11 is 0. The Morgan fingerprint density at radius 2 is 1.83 bits per heavy atom. The summed E-state index contributed by atoms with van der Waals surface area (Å²) in [7, 11) is 0. The molecule has 23 heavy (non-hydrogen) atoms. The molecular weight excluding hydrogens is 288 g/mol. The monoisotopic (exact) mass is 314 g/mol. The first kappa shape index (κ1) is 16.0. The summed E-state index contributed by atoms with van der Waals surface area (Å²) in [5.41, 5.74) is 2.43. The number of nitrogens with zero attached hydrogens (tertiary/aromatic N) is 1. The molecule has 0 aromatic heterocycles. The molecule has 4 nitrogen and oxygen atoms in total. The van der Waals surface area contributed by atoms with Gasteiger partial charge >= 0.3 is 0 Å². The molecule has 1 aromatic carbocycles. The van der Waals surface area contributed by atoms with Gasteiger partial charge in [-0.2, -0.15) is 0 Å². The summed E-state index contributed by atoms with van der Waals surface area (Å²) in [4.78, 5) is 26.1. The maximum Gasteiger partial charge on any atom is 0.223 e. The zero-order valence-corrected chi connectivity index (χ0v) is 13.9. The van der Waals surface area contributed by atoms with Crippen molar-refractivity contribution < 1.29 is 9.59 Å². The van der Waals surface area contributed by atoms with Gasteiger partial charge in [0, 0.05) is 31.5 Å². The molecule has 0 bridgehead atoms. The van der Waals surface area contributed by atoms with Crippen molar-refractivity contribution in [1.82, 2.24) is 10.2 Å². The van der Waals surface area contributed by atoms with Gasteiger partial charge in [0.15, 0.2) is 0 Å². The van der Waals surface area contributed by atoms with Crippen LogP contribution in [0, 0.1) is 12.8 Å². The number of hydrogen-bond donors (Lipinski definition) is 1. The molecule has 0 heterocycles. The van der Waals surface area contributed by atoms with Crippen molar-refractivity contribution in [3.63, 3.8) is 0 Å². The van der Waals surface area contributed by atoms with Gasteiger partial charge in [0.1, 0.15) is 0 Å². The summed E-state index contributed by atoms with van der Waals surface area (Å²) in [6, 6.07) is 8.82. The Kier molecular flexibility index (Phi) is 4.99. The number of amides is 2. The maximum absolute atomic E-state index is 12.5. The first-order chi connectivity index (χ1) is 11.1. The molecule has 2 fully saturated rings. The van der Waals surface area contributed by atoms with E-state index in [2.05, 4.69) is 36.5 Å². The van der Waals surface area contributed by atoms with Gasteiger partial charge in [-0.15, -0.1) is 0 Å². The third-order valence-corrected chi connectivity index (χ3v) is 4.60. The lowest BCUT2D eigenvalue weighted by Gasteiger charge is -2.23. The van der Waals surface area contributed by atoms with Crippen molar-refractivity contribution in [2.45, 2.75) is 58.0 Å². The Balaban J connectivity index is 1.44. The minimum absolute atomic E-state index is 0.163. The highest BCUT2D eigenvalue weighted by Crippen LogP contribution is 2.30. The Hall–Kier alpha value is -1.84. The van der Waals surface area contributed by atoms with Crippen molar-refractivity contribution in [3.8, 4) is 0 Å². The molecule has 3 rings (SSSR count). The lowest BCUT2D eigenvalue weighted by Crippen LogP contribution is -2.33. The molecule has 0 aliphatic heterocycles. The highest BCUT2D eigenvalue weighted by molar-refractivity contribution is 5.81. The first-order valence-corrected chi connectivity index (χ1v) is 8.76. The molecule has 0 radical (unpaired) electrons. The van der Waals surface area contributed by atoms with E-state index in [4.69, 9.17) is 0 Å². The van der Waals surface area contributed by atoms with Crippen molar-refractivity contribution in [1.29, 1.82) is 0 Å². The Labute approximate surface area is 138 Å². The Morgan fingerprint density at radius 1 is 1.13 bits per heavy atom. The predicted octanol–water partition coefficient (Wildman–Crippen LogP) is 2.79. The minimum atomic E-state index is 0.163. The van der Waals surface area contributed by atoms with Crippen LogP contribution in [0.4, 0.5) is 0 Å². The van der Waals surface area contributed by atoms with Crippen LogP contribution in [0.5, 0.6) is 0 Å². The smallest absolute Gasteiger partial charge is 0.223 e. The third-order valence-electron chi connectivity index (χ3n) is 4.60. The quantitative estimate of drug-likeness (QED) is 0.750. The van der Waals surface area contributed by atoms with Crippen molar-refractivity contribution >= 4 is 11.8 Å². The lowest BCUT2D eigenvalue weighted by atomic mass is 10.1. The van der Waals surface area contributed by atoms with Crippen LogP contribution in [0.15, 0.2) is 24.3 Å². The highest BCUT2D eigenvalue weighted by Gasteiger charge is 2.32. The van der Waals surface area contributed by atoms with E-state index < -0.39 is 0 Å². The summed E-state index contributed by atoms with van der Waals surface area (Å²) in [6.45, 7) is 3.39. The molecule has 0 atom stereocenters. The van der Waals surface area contributed by atoms with Gasteiger partial charge in [-0.25, -0.2) is 0 Å². The first-order valence-electron chi connectivity index (χ1n) is 8.76. The van der Waals surface area contributed by atoms with Crippen LogP contribution in [0.1, 0.15) is 49.7 Å². The second kappa shape index (κ2) is 7.16. The summed E-state index contributed by atoms with van der Waals surface area (Å²) in [5.74, 6) is 0.625. The van der Waals surface area contributed by atoms with Crippen LogP contribution in [0.25, 0.3) is 0 Å². The molecule has 2 saturated carbocycles. The molecule has 1 N–H and O–H groups in total. The van der Waals surface area contributed by atoms with Crippen molar-refractivity contribution in [2.75, 3.05) is 6.54 Å². The molecule has 2 amide bonds. The second-order valence-corrected chi connectivity index (χ2v) is 6.91. The summed E-state index contributed by atoms with van der Waals surface area (Å²) < 4.78 is 0. The molecule has 0 spiro atoms. The number of aryl methyl sites for hydroxylation is 1. The molecule has 1 aromatic rings. The van der Waals surface area contributed by atoms with Crippen LogP contribution in [0.3, 0.4) is 0 Å². The van der Waals surface area contributed by atoms with E-state index in [0.29, 0.717) is 25.6 Å². The van der Waals surface area contributed by atoms with Crippen LogP contribution in [-0.2, 0) is 16.1 Å². The third kappa shape index (κ3) is 4.81. The number of nitrogens with one attached hydrogen (secondary N) is 1. The molecule has 0 saturated heterocycles. The van der Waals surface area contributed by atoms with E-state index in [1.165, 1.54) is 11.1 Å². The molecule has 124 valence electrons. The van der Waals surface area contributed by atoms with Crippen LogP contribution in [-0.4, -0.2) is 29.3 Å². The predicted molar refractivity (Wildman–Crippen MR) is 89.7 cm³/mol. The topological polar surface area (TPSA) is 49.4 Å². The van der Waals surface area contributed by atoms with Crippen molar-refractivity contribution in [2.24, 2.45) is 5.92 Å². The maximum atomic E-state index is 12.5. The van der Waals surface area contributed by atoms with E-state index in [0.717, 1.165) is 32.1 Å². The zero-order chi connectivity index (χ0) is 16.2. The molecule has 0 unspecified atom stereocenters. The van der Waals surface area contributed by atoms with Crippen molar-refractivity contribution in [3.05, 3.63) is 35.4 Å². The lowest BCUT2D eigenvalue weighted by molar-refractivity contribution is -0.132. The van der Waals surface area contributed by atoms with E-state index in [-0.39, 0.29) is 17.7 Å². The van der Waals surface area contributed by atoms with Gasteiger partial charge in [-0.3, -0.25) is 9.59 Å². The second-order valence-electron chi connectivity index (χ2n) is 6.91. The minimum Gasteiger partial charge on any atom is -0.356 e. The summed E-state index contributed by atoms with van der Waals surface area (Å²) in [5, 5.41) is 2.93. The fourth-order valence-electron chi connectivity index (χ4n) is 2.78. The number of carbonyl (C=O) groups excluding carboxylic acids is 2.